The van der Waals surface area contributed by atoms with Crippen LogP contribution in [-0.4, -0.2) is 35.4 Å². The lowest BCUT2D eigenvalue weighted by Gasteiger charge is -2.24. The van der Waals surface area contributed by atoms with Crippen LogP contribution in [0.15, 0.2) is 59.8 Å². The number of nitrogens with one attached hydrogen (secondary N) is 1. The van der Waals surface area contributed by atoms with Gasteiger partial charge in [-0.1, -0.05) is 53.2 Å². The molecule has 0 saturated heterocycles. The van der Waals surface area contributed by atoms with Crippen molar-refractivity contribution in [3.05, 3.63) is 65.2 Å². The van der Waals surface area contributed by atoms with Gasteiger partial charge in [0.15, 0.2) is 0 Å². The largest absolute Gasteiger partial charge is 0.495 e. The number of amides is 1. The first-order chi connectivity index (χ1) is 13.9. The van der Waals surface area contributed by atoms with E-state index in [1.807, 2.05) is 36.4 Å². The van der Waals surface area contributed by atoms with Gasteiger partial charge in [0, 0.05) is 11.4 Å². The lowest BCUT2D eigenvalue weighted by Crippen LogP contribution is -2.45. The zero-order chi connectivity index (χ0) is 20.9. The van der Waals surface area contributed by atoms with Crippen molar-refractivity contribution in [1.82, 2.24) is 0 Å². The second-order valence-electron chi connectivity index (χ2n) is 6.46. The molecule has 1 aliphatic heterocycles. The highest BCUT2D eigenvalue weighted by Crippen LogP contribution is 2.33. The zero-order valence-corrected chi connectivity index (χ0v) is 16.3. The van der Waals surface area contributed by atoms with E-state index in [2.05, 4.69) is 10.5 Å². The van der Waals surface area contributed by atoms with Crippen molar-refractivity contribution >= 4 is 41.0 Å². The molecule has 2 aromatic rings. The number of benzene rings is 2. The number of hydrogen-bond acceptors (Lipinski definition) is 5. The van der Waals surface area contributed by atoms with E-state index in [1.54, 1.807) is 18.2 Å². The van der Waals surface area contributed by atoms with Crippen LogP contribution in [0.1, 0.15) is 18.4 Å². The first-order valence-corrected chi connectivity index (χ1v) is 9.15. The van der Waals surface area contributed by atoms with E-state index in [-0.39, 0.29) is 6.42 Å². The van der Waals surface area contributed by atoms with Crippen LogP contribution in [0, 0.1) is 0 Å². The number of carbonyl (C=O) groups excluding carboxylic acids is 1. The minimum atomic E-state index is -1.67. The number of oxime groups is 1. The smallest absolute Gasteiger partial charge is 0.308 e. The van der Waals surface area contributed by atoms with E-state index in [0.717, 1.165) is 5.56 Å². The average molecular weight is 415 g/mol. The second kappa shape index (κ2) is 8.79. The highest BCUT2D eigenvalue weighted by atomic mass is 35.5. The summed E-state index contributed by atoms with van der Waals surface area (Å²) in [6, 6.07) is 14.2. The molecule has 1 amide bonds. The van der Waals surface area contributed by atoms with Crippen LogP contribution in [0.4, 0.5) is 5.69 Å². The van der Waals surface area contributed by atoms with Crippen LogP contribution in [0.25, 0.3) is 6.08 Å². The molecule has 1 heterocycles. The lowest BCUT2D eigenvalue weighted by molar-refractivity contribution is -0.152. The van der Waals surface area contributed by atoms with Gasteiger partial charge < -0.3 is 20.0 Å². The summed E-state index contributed by atoms with van der Waals surface area (Å²) in [4.78, 5) is 29.7. The fourth-order valence-corrected chi connectivity index (χ4v) is 3.08. The number of methoxy groups -OCH3 is 1. The maximum absolute atomic E-state index is 13.0. The van der Waals surface area contributed by atoms with Gasteiger partial charge in [0.2, 0.25) is 5.60 Å². The Morgan fingerprint density at radius 2 is 2.03 bits per heavy atom. The number of rotatable bonds is 7. The molecular weight excluding hydrogens is 396 g/mol. The van der Waals surface area contributed by atoms with Crippen molar-refractivity contribution in [2.75, 3.05) is 12.4 Å². The number of hydrogen-bond donors (Lipinski definition) is 2. The van der Waals surface area contributed by atoms with E-state index in [1.165, 1.54) is 13.2 Å². The molecule has 0 aliphatic carbocycles. The monoisotopic (exact) mass is 414 g/mol. The summed E-state index contributed by atoms with van der Waals surface area (Å²) in [6.07, 6.45) is 2.98. The minimum Gasteiger partial charge on any atom is -0.495 e. The Bertz CT molecular complexity index is 974. The summed E-state index contributed by atoms with van der Waals surface area (Å²) < 4.78 is 5.22. The van der Waals surface area contributed by atoms with Gasteiger partial charge in [0.25, 0.3) is 5.91 Å². The minimum absolute atomic E-state index is 0.0113. The number of carboxylic acid groups (broad SMARTS) is 1. The number of halogens is 1. The molecule has 2 N–H and O–H groups in total. The van der Waals surface area contributed by atoms with Gasteiger partial charge in [-0.15, -0.1) is 0 Å². The van der Waals surface area contributed by atoms with E-state index in [4.69, 9.17) is 21.2 Å². The third kappa shape index (κ3) is 4.94. The topological polar surface area (TPSA) is 97.2 Å². The molecule has 0 radical (unpaired) electrons. The van der Waals surface area contributed by atoms with E-state index < -0.39 is 23.9 Å². The molecule has 0 spiro atoms. The van der Waals surface area contributed by atoms with Crippen LogP contribution in [0.2, 0.25) is 5.02 Å². The van der Waals surface area contributed by atoms with E-state index >= 15 is 0 Å². The van der Waals surface area contributed by atoms with Crippen molar-refractivity contribution in [2.24, 2.45) is 5.16 Å². The normalized spacial score (nSPS) is 18.2. The maximum atomic E-state index is 13.0. The summed E-state index contributed by atoms with van der Waals surface area (Å²) in [7, 11) is 1.45. The van der Waals surface area contributed by atoms with Gasteiger partial charge in [-0.2, -0.15) is 0 Å². The van der Waals surface area contributed by atoms with Gasteiger partial charge in [-0.25, -0.2) is 0 Å². The summed E-state index contributed by atoms with van der Waals surface area (Å²) in [6.45, 7) is 0. The van der Waals surface area contributed by atoms with Crippen molar-refractivity contribution in [3.8, 4) is 5.75 Å². The molecule has 1 aliphatic rings. The van der Waals surface area contributed by atoms with E-state index in [0.29, 0.717) is 22.2 Å². The average Bonchev–Trinajstić information content (AvgIpc) is 3.11. The predicted octanol–water partition coefficient (Wildman–Crippen LogP) is 3.99. The van der Waals surface area contributed by atoms with Gasteiger partial charge in [0.1, 0.15) is 5.75 Å². The molecule has 150 valence electrons. The molecule has 0 bridgehead atoms. The number of carbonyl (C=O) groups is 2. The third-order valence-corrected chi connectivity index (χ3v) is 4.57. The second-order valence-corrected chi connectivity index (χ2v) is 6.89. The van der Waals surface area contributed by atoms with Crippen molar-refractivity contribution in [3.63, 3.8) is 0 Å². The predicted molar refractivity (Wildman–Crippen MR) is 110 cm³/mol. The molecule has 7 nitrogen and oxygen atoms in total. The number of carboxylic acids is 1. The van der Waals surface area contributed by atoms with Crippen LogP contribution in [0.3, 0.4) is 0 Å². The van der Waals surface area contributed by atoms with Crippen molar-refractivity contribution in [2.45, 2.75) is 18.4 Å². The molecule has 2 aromatic carbocycles. The van der Waals surface area contributed by atoms with Crippen LogP contribution in [0.5, 0.6) is 5.75 Å². The summed E-state index contributed by atoms with van der Waals surface area (Å²) in [5.41, 5.74) is 0.0456. The van der Waals surface area contributed by atoms with Gasteiger partial charge in [-0.3, -0.25) is 9.59 Å². The molecule has 8 heteroatoms. The van der Waals surface area contributed by atoms with Crippen molar-refractivity contribution < 1.29 is 24.3 Å². The first-order valence-electron chi connectivity index (χ1n) is 8.77. The lowest BCUT2D eigenvalue weighted by atomic mass is 9.92. The van der Waals surface area contributed by atoms with Gasteiger partial charge >= 0.3 is 5.97 Å². The molecular formula is C21H19ClN2O5. The highest BCUT2D eigenvalue weighted by Gasteiger charge is 2.48. The Morgan fingerprint density at radius 1 is 1.28 bits per heavy atom. The third-order valence-electron chi connectivity index (χ3n) is 4.33. The number of anilines is 1. The molecule has 1 atom stereocenters. The molecule has 0 fully saturated rings. The number of allylic oxidation sites excluding steroid dienone is 1. The van der Waals surface area contributed by atoms with Crippen molar-refractivity contribution in [1.29, 1.82) is 0 Å². The van der Waals surface area contributed by atoms with Gasteiger partial charge in [-0.05, 0) is 29.8 Å². The Labute approximate surface area is 172 Å². The fourth-order valence-electron chi connectivity index (χ4n) is 2.90. The summed E-state index contributed by atoms with van der Waals surface area (Å²) in [5.74, 6) is -1.44. The molecule has 0 unspecified atom stereocenters. The standard InChI is InChI=1S/C21H19ClN2O5/c1-28-18-10-8-15(22)11-17(18)23-20(27)21(13-19(25)26)12-16(24-29-21)9-7-14-5-3-2-4-6-14/h2-11H,12-13H2,1H3,(H,23,27)(H,25,26)/t21-/m0/s1. The number of nitrogens with zero attached hydrogens (tertiary/aromatic N) is 1. The molecule has 0 saturated carbocycles. The van der Waals surface area contributed by atoms with Crippen LogP contribution in [-0.2, 0) is 14.4 Å². The maximum Gasteiger partial charge on any atom is 0.308 e. The molecule has 0 aromatic heterocycles. The molecule has 29 heavy (non-hydrogen) atoms. The highest BCUT2D eigenvalue weighted by molar-refractivity contribution is 6.31. The Morgan fingerprint density at radius 3 is 2.72 bits per heavy atom. The first kappa shape index (κ1) is 20.4. The van der Waals surface area contributed by atoms with E-state index in [9.17, 15) is 14.7 Å². The summed E-state index contributed by atoms with van der Waals surface area (Å²) in [5, 5.41) is 16.3. The zero-order valence-electron chi connectivity index (χ0n) is 15.6. The fraction of sp³-hybridized carbons (Fsp3) is 0.190. The Hall–Kier alpha value is -3.32. The Balaban J connectivity index is 1.80. The quantitative estimate of drug-likeness (QED) is 0.713. The van der Waals surface area contributed by atoms with Crippen LogP contribution >= 0.6 is 11.6 Å². The van der Waals surface area contributed by atoms with Crippen LogP contribution < -0.4 is 10.1 Å². The summed E-state index contributed by atoms with van der Waals surface area (Å²) >= 11 is 5.99. The Kier molecular flexibility index (Phi) is 6.19. The molecule has 3 rings (SSSR count). The number of ether oxygens (including phenoxy) is 1. The SMILES string of the molecule is COc1ccc(Cl)cc1NC(=O)[C@@]1(CC(=O)O)CC(C=Cc2ccccc2)=NO1. The van der Waals surface area contributed by atoms with Gasteiger partial charge in [0.05, 0.1) is 24.9 Å². The number of aliphatic carboxylic acids is 1.